The maximum absolute atomic E-state index is 12.4. The molecule has 0 saturated carbocycles. The van der Waals surface area contributed by atoms with Gasteiger partial charge in [0.15, 0.2) is 0 Å². The van der Waals surface area contributed by atoms with Crippen molar-refractivity contribution in [2.75, 3.05) is 50.8 Å². The molecule has 22 heavy (non-hydrogen) atoms. The summed E-state index contributed by atoms with van der Waals surface area (Å²) in [6.07, 6.45) is 3.65. The topological polar surface area (TPSA) is 50.6 Å². The van der Waals surface area contributed by atoms with Crippen molar-refractivity contribution in [2.45, 2.75) is 32.7 Å². The Morgan fingerprint density at radius 3 is 2.55 bits per heavy atom. The summed E-state index contributed by atoms with van der Waals surface area (Å²) in [7, 11) is 0. The van der Waals surface area contributed by atoms with Crippen LogP contribution in [0.4, 0.5) is 5.95 Å². The Morgan fingerprint density at radius 1 is 1.09 bits per heavy atom. The summed E-state index contributed by atoms with van der Waals surface area (Å²) in [4.78, 5) is 21.7. The summed E-state index contributed by atoms with van der Waals surface area (Å²) in [5, 5.41) is 0. The summed E-state index contributed by atoms with van der Waals surface area (Å²) in [6, 6.07) is 1.65. The molecule has 0 aliphatic carbocycles. The zero-order valence-electron chi connectivity index (χ0n) is 13.5. The normalized spacial score (nSPS) is 20.3. The van der Waals surface area contributed by atoms with Crippen LogP contribution in [-0.2, 0) is 11.3 Å². The van der Waals surface area contributed by atoms with Crippen LogP contribution in [0.2, 0.25) is 0 Å². The number of ether oxygens (including phenoxy) is 1. The number of piperidine rings is 1. The smallest absolute Gasteiger partial charge is 0.255 e. The van der Waals surface area contributed by atoms with Gasteiger partial charge in [-0.3, -0.25) is 14.3 Å². The molecular weight excluding hydrogens is 280 g/mol. The molecule has 0 spiro atoms. The monoisotopic (exact) mass is 306 g/mol. The van der Waals surface area contributed by atoms with Crippen LogP contribution >= 0.6 is 0 Å². The van der Waals surface area contributed by atoms with Gasteiger partial charge >= 0.3 is 0 Å². The first-order valence-corrected chi connectivity index (χ1v) is 8.37. The quantitative estimate of drug-likeness (QED) is 0.826. The Bertz CT molecular complexity index is 546. The molecule has 0 amide bonds. The minimum atomic E-state index is 0.0707. The third-order valence-corrected chi connectivity index (χ3v) is 4.50. The van der Waals surface area contributed by atoms with Crippen LogP contribution in [0.1, 0.15) is 25.0 Å². The summed E-state index contributed by atoms with van der Waals surface area (Å²) >= 11 is 0. The fourth-order valence-electron chi connectivity index (χ4n) is 3.22. The zero-order chi connectivity index (χ0) is 15.4. The third-order valence-electron chi connectivity index (χ3n) is 4.50. The minimum absolute atomic E-state index is 0.0707. The molecule has 0 atom stereocenters. The first-order valence-electron chi connectivity index (χ1n) is 8.37. The number of hydrogen-bond donors (Lipinski definition) is 0. The lowest BCUT2D eigenvalue weighted by molar-refractivity contribution is 0.0363. The Hall–Kier alpha value is -1.40. The van der Waals surface area contributed by atoms with Crippen molar-refractivity contribution in [3.8, 4) is 0 Å². The standard InChI is InChI=1S/C16H26N4O2/c1-14-13-15(21)20(8-7-18-9-11-22-12-10-18)16(17-14)19-5-3-2-4-6-19/h13H,2-12H2,1H3. The van der Waals surface area contributed by atoms with E-state index in [-0.39, 0.29) is 5.56 Å². The lowest BCUT2D eigenvalue weighted by Crippen LogP contribution is -2.41. The Kier molecular flexibility index (Phi) is 5.10. The molecule has 1 aromatic rings. The van der Waals surface area contributed by atoms with E-state index in [2.05, 4.69) is 14.8 Å². The molecule has 0 unspecified atom stereocenters. The highest BCUT2D eigenvalue weighted by molar-refractivity contribution is 5.32. The summed E-state index contributed by atoms with van der Waals surface area (Å²) in [6.45, 7) is 9.00. The summed E-state index contributed by atoms with van der Waals surface area (Å²) < 4.78 is 7.23. The van der Waals surface area contributed by atoms with Gasteiger partial charge in [0.2, 0.25) is 5.95 Å². The number of aryl methyl sites for hydroxylation is 1. The van der Waals surface area contributed by atoms with Crippen LogP contribution in [0.5, 0.6) is 0 Å². The average Bonchev–Trinajstić information content (AvgIpc) is 2.55. The van der Waals surface area contributed by atoms with Crippen LogP contribution in [0.15, 0.2) is 10.9 Å². The zero-order valence-corrected chi connectivity index (χ0v) is 13.5. The van der Waals surface area contributed by atoms with Gasteiger partial charge < -0.3 is 9.64 Å². The fraction of sp³-hybridized carbons (Fsp3) is 0.750. The second-order valence-electron chi connectivity index (χ2n) is 6.19. The van der Waals surface area contributed by atoms with Crippen molar-refractivity contribution in [2.24, 2.45) is 0 Å². The van der Waals surface area contributed by atoms with Gasteiger partial charge in [0.25, 0.3) is 5.56 Å². The minimum Gasteiger partial charge on any atom is -0.379 e. The largest absolute Gasteiger partial charge is 0.379 e. The second kappa shape index (κ2) is 7.24. The molecule has 3 rings (SSSR count). The van der Waals surface area contributed by atoms with Gasteiger partial charge in [-0.25, -0.2) is 4.98 Å². The molecule has 1 aromatic heterocycles. The highest BCUT2D eigenvalue weighted by Gasteiger charge is 2.18. The molecule has 0 bridgehead atoms. The van der Waals surface area contributed by atoms with E-state index in [4.69, 9.17) is 4.74 Å². The van der Waals surface area contributed by atoms with Gasteiger partial charge in [-0.15, -0.1) is 0 Å². The van der Waals surface area contributed by atoms with Crippen LogP contribution in [0, 0.1) is 6.92 Å². The first kappa shape index (κ1) is 15.5. The van der Waals surface area contributed by atoms with Gasteiger partial charge in [0.05, 0.1) is 13.2 Å². The van der Waals surface area contributed by atoms with Crippen molar-refractivity contribution in [3.05, 3.63) is 22.1 Å². The van der Waals surface area contributed by atoms with Crippen LogP contribution in [-0.4, -0.2) is 60.4 Å². The Morgan fingerprint density at radius 2 is 1.82 bits per heavy atom. The van der Waals surface area contributed by atoms with E-state index in [1.54, 1.807) is 6.07 Å². The van der Waals surface area contributed by atoms with Crippen molar-refractivity contribution in [1.82, 2.24) is 14.5 Å². The number of anilines is 1. The van der Waals surface area contributed by atoms with Crippen molar-refractivity contribution in [3.63, 3.8) is 0 Å². The highest BCUT2D eigenvalue weighted by atomic mass is 16.5. The van der Waals surface area contributed by atoms with E-state index in [1.807, 2.05) is 11.5 Å². The lowest BCUT2D eigenvalue weighted by atomic mass is 10.1. The van der Waals surface area contributed by atoms with Crippen molar-refractivity contribution < 1.29 is 4.74 Å². The lowest BCUT2D eigenvalue weighted by Gasteiger charge is -2.31. The predicted octanol–water partition coefficient (Wildman–Crippen LogP) is 0.874. The molecule has 6 heteroatoms. The second-order valence-corrected chi connectivity index (χ2v) is 6.19. The van der Waals surface area contributed by atoms with Crippen molar-refractivity contribution in [1.29, 1.82) is 0 Å². The molecular formula is C16H26N4O2. The molecule has 3 heterocycles. The molecule has 2 aliphatic heterocycles. The van der Waals surface area contributed by atoms with Crippen molar-refractivity contribution >= 4 is 5.95 Å². The van der Waals surface area contributed by atoms with E-state index >= 15 is 0 Å². The van der Waals surface area contributed by atoms with Gasteiger partial charge in [0.1, 0.15) is 0 Å². The maximum Gasteiger partial charge on any atom is 0.255 e. The Balaban J connectivity index is 1.77. The number of hydrogen-bond acceptors (Lipinski definition) is 5. The molecule has 0 N–H and O–H groups in total. The molecule has 2 aliphatic rings. The van der Waals surface area contributed by atoms with E-state index in [0.29, 0.717) is 6.54 Å². The van der Waals surface area contributed by atoms with E-state index in [1.165, 1.54) is 19.3 Å². The van der Waals surface area contributed by atoms with E-state index in [0.717, 1.165) is 57.6 Å². The van der Waals surface area contributed by atoms with Gasteiger partial charge in [-0.2, -0.15) is 0 Å². The summed E-state index contributed by atoms with van der Waals surface area (Å²) in [5.74, 6) is 0.859. The summed E-state index contributed by atoms with van der Waals surface area (Å²) in [5.41, 5.74) is 0.884. The molecule has 6 nitrogen and oxygen atoms in total. The highest BCUT2D eigenvalue weighted by Crippen LogP contribution is 2.17. The van der Waals surface area contributed by atoms with Gasteiger partial charge in [0, 0.05) is 51.0 Å². The van der Waals surface area contributed by atoms with Crippen LogP contribution in [0.25, 0.3) is 0 Å². The number of morpholine rings is 1. The van der Waals surface area contributed by atoms with Crippen LogP contribution < -0.4 is 10.5 Å². The number of nitrogens with zero attached hydrogens (tertiary/aromatic N) is 4. The Labute approximate surface area is 131 Å². The molecule has 0 aromatic carbocycles. The molecule has 2 fully saturated rings. The van der Waals surface area contributed by atoms with Gasteiger partial charge in [-0.05, 0) is 26.2 Å². The molecule has 122 valence electrons. The first-order chi connectivity index (χ1) is 10.7. The number of rotatable bonds is 4. The van der Waals surface area contributed by atoms with E-state index in [9.17, 15) is 4.79 Å². The van der Waals surface area contributed by atoms with E-state index < -0.39 is 0 Å². The fourth-order valence-corrected chi connectivity index (χ4v) is 3.22. The molecule has 0 radical (unpaired) electrons. The molecule has 2 saturated heterocycles. The predicted molar refractivity (Wildman–Crippen MR) is 86.6 cm³/mol. The van der Waals surface area contributed by atoms with Gasteiger partial charge in [-0.1, -0.05) is 0 Å². The van der Waals surface area contributed by atoms with Crippen LogP contribution in [0.3, 0.4) is 0 Å². The maximum atomic E-state index is 12.4. The SMILES string of the molecule is Cc1cc(=O)n(CCN2CCOCC2)c(N2CCCCC2)n1. The third kappa shape index (κ3) is 3.67. The number of aromatic nitrogens is 2. The average molecular weight is 306 g/mol.